The lowest BCUT2D eigenvalue weighted by Crippen LogP contribution is -2.32. The van der Waals surface area contributed by atoms with Crippen molar-refractivity contribution in [3.8, 4) is 0 Å². The molecule has 1 fully saturated rings. The number of aliphatic hydroxyl groups is 1. The number of carbonyl (C=O) groups excluding carboxylic acids is 1. The number of likely N-dealkylation sites (tertiary alicyclic amines) is 1. The third-order valence-electron chi connectivity index (χ3n) is 3.54. The molecule has 1 N–H and O–H groups in total. The summed E-state index contributed by atoms with van der Waals surface area (Å²) in [6.07, 6.45) is 2.19. The molecule has 1 aromatic rings. The van der Waals surface area contributed by atoms with Crippen LogP contribution in [-0.2, 0) is 11.3 Å². The van der Waals surface area contributed by atoms with E-state index in [1.54, 1.807) is 11.8 Å². The van der Waals surface area contributed by atoms with E-state index >= 15 is 0 Å². The zero-order valence-corrected chi connectivity index (χ0v) is 12.3. The molecule has 1 aliphatic rings. The molecule has 0 bridgehead atoms. The molecule has 1 aliphatic heterocycles. The molecule has 0 radical (unpaired) electrons. The number of hydrogen-bond acceptors (Lipinski definition) is 5. The van der Waals surface area contributed by atoms with Crippen LogP contribution in [0.5, 0.6) is 0 Å². The predicted octanol–water partition coefficient (Wildman–Crippen LogP) is 1.47. The SMILES string of the molecule is CCN(C(C)=O)c1nc(CN2CCC[C@H]2CO)cs1. The minimum absolute atomic E-state index is 0.0257. The lowest BCUT2D eigenvalue weighted by Gasteiger charge is -2.21. The molecule has 0 unspecified atom stereocenters. The summed E-state index contributed by atoms with van der Waals surface area (Å²) in [4.78, 5) is 20.0. The van der Waals surface area contributed by atoms with Crippen LogP contribution in [0.1, 0.15) is 32.4 Å². The van der Waals surface area contributed by atoms with Crippen molar-refractivity contribution < 1.29 is 9.90 Å². The molecule has 19 heavy (non-hydrogen) atoms. The zero-order valence-electron chi connectivity index (χ0n) is 11.5. The van der Waals surface area contributed by atoms with Crippen LogP contribution in [0.4, 0.5) is 5.13 Å². The molecule has 1 aromatic heterocycles. The van der Waals surface area contributed by atoms with Crippen molar-refractivity contribution >= 4 is 22.4 Å². The molecule has 5 nitrogen and oxygen atoms in total. The van der Waals surface area contributed by atoms with Crippen LogP contribution in [0.25, 0.3) is 0 Å². The highest BCUT2D eigenvalue weighted by Gasteiger charge is 2.24. The first-order chi connectivity index (χ1) is 9.15. The molecule has 1 amide bonds. The van der Waals surface area contributed by atoms with E-state index in [9.17, 15) is 9.90 Å². The van der Waals surface area contributed by atoms with Crippen LogP contribution in [0.15, 0.2) is 5.38 Å². The molecule has 106 valence electrons. The van der Waals surface area contributed by atoms with Crippen molar-refractivity contribution in [1.82, 2.24) is 9.88 Å². The highest BCUT2D eigenvalue weighted by molar-refractivity contribution is 7.14. The van der Waals surface area contributed by atoms with Gasteiger partial charge in [0, 0.05) is 31.4 Å². The van der Waals surface area contributed by atoms with E-state index in [-0.39, 0.29) is 18.6 Å². The molecular weight excluding hydrogens is 262 g/mol. The third kappa shape index (κ3) is 3.32. The summed E-state index contributed by atoms with van der Waals surface area (Å²) < 4.78 is 0. The first kappa shape index (κ1) is 14.4. The Morgan fingerprint density at radius 2 is 2.47 bits per heavy atom. The Balaban J connectivity index is 2.03. The number of hydrogen-bond donors (Lipinski definition) is 1. The average molecular weight is 283 g/mol. The maximum atomic E-state index is 11.5. The number of rotatable bonds is 5. The van der Waals surface area contributed by atoms with E-state index < -0.39 is 0 Å². The fourth-order valence-corrected chi connectivity index (χ4v) is 3.43. The molecule has 0 spiro atoms. The zero-order chi connectivity index (χ0) is 13.8. The number of amides is 1. The van der Waals surface area contributed by atoms with E-state index in [0.29, 0.717) is 6.54 Å². The largest absolute Gasteiger partial charge is 0.395 e. The third-order valence-corrected chi connectivity index (χ3v) is 4.45. The van der Waals surface area contributed by atoms with Gasteiger partial charge in [-0.2, -0.15) is 0 Å². The number of aromatic nitrogens is 1. The fourth-order valence-electron chi connectivity index (χ4n) is 2.50. The van der Waals surface area contributed by atoms with Crippen LogP contribution < -0.4 is 4.90 Å². The van der Waals surface area contributed by atoms with E-state index in [2.05, 4.69) is 9.88 Å². The highest BCUT2D eigenvalue weighted by atomic mass is 32.1. The number of nitrogens with zero attached hydrogens (tertiary/aromatic N) is 3. The first-order valence-corrected chi connectivity index (χ1v) is 7.61. The maximum absolute atomic E-state index is 11.5. The van der Waals surface area contributed by atoms with Gasteiger partial charge in [-0.1, -0.05) is 0 Å². The molecule has 1 atom stereocenters. The minimum Gasteiger partial charge on any atom is -0.395 e. The molecule has 2 heterocycles. The van der Waals surface area contributed by atoms with Crippen molar-refractivity contribution in [3.05, 3.63) is 11.1 Å². The van der Waals surface area contributed by atoms with Crippen molar-refractivity contribution in [1.29, 1.82) is 0 Å². The molecule has 6 heteroatoms. The lowest BCUT2D eigenvalue weighted by molar-refractivity contribution is -0.116. The summed E-state index contributed by atoms with van der Waals surface area (Å²) in [5, 5.41) is 12.1. The molecular formula is C13H21N3O2S. The van der Waals surface area contributed by atoms with Gasteiger partial charge < -0.3 is 5.11 Å². The van der Waals surface area contributed by atoms with E-state index in [0.717, 1.165) is 36.8 Å². The molecule has 0 saturated carbocycles. The first-order valence-electron chi connectivity index (χ1n) is 6.73. The van der Waals surface area contributed by atoms with Gasteiger partial charge in [-0.3, -0.25) is 14.6 Å². The average Bonchev–Trinajstić information content (AvgIpc) is 3.00. The Morgan fingerprint density at radius 3 is 3.11 bits per heavy atom. The van der Waals surface area contributed by atoms with Crippen LogP contribution >= 0.6 is 11.3 Å². The summed E-state index contributed by atoms with van der Waals surface area (Å²) in [6, 6.07) is 0.264. The molecule has 1 saturated heterocycles. The van der Waals surface area contributed by atoms with Crippen molar-refractivity contribution in [2.75, 3.05) is 24.6 Å². The number of thiazole rings is 1. The van der Waals surface area contributed by atoms with E-state index in [4.69, 9.17) is 0 Å². The topological polar surface area (TPSA) is 56.7 Å². The van der Waals surface area contributed by atoms with Gasteiger partial charge in [0.1, 0.15) is 0 Å². The van der Waals surface area contributed by atoms with Gasteiger partial charge >= 0.3 is 0 Å². The van der Waals surface area contributed by atoms with Crippen LogP contribution in [-0.4, -0.2) is 46.6 Å². The standard InChI is InChI=1S/C13H21N3O2S/c1-3-16(10(2)18)13-14-11(9-19-13)7-15-6-4-5-12(15)8-17/h9,12,17H,3-8H2,1-2H3/t12-/m0/s1. The Hall–Kier alpha value is -0.980. The highest BCUT2D eigenvalue weighted by Crippen LogP contribution is 2.24. The molecule has 0 aliphatic carbocycles. The number of carbonyl (C=O) groups is 1. The normalized spacial score (nSPS) is 19.8. The van der Waals surface area contributed by atoms with Gasteiger partial charge in [0.15, 0.2) is 5.13 Å². The van der Waals surface area contributed by atoms with Crippen molar-refractivity contribution in [2.45, 2.75) is 39.3 Å². The molecule has 0 aromatic carbocycles. The monoisotopic (exact) mass is 283 g/mol. The second-order valence-electron chi connectivity index (χ2n) is 4.83. The van der Waals surface area contributed by atoms with Crippen LogP contribution in [0.2, 0.25) is 0 Å². The number of aliphatic hydroxyl groups excluding tert-OH is 1. The summed E-state index contributed by atoms with van der Waals surface area (Å²) in [5.74, 6) is 0.0257. The second kappa shape index (κ2) is 6.45. The van der Waals surface area contributed by atoms with Crippen LogP contribution in [0, 0.1) is 0 Å². The van der Waals surface area contributed by atoms with Gasteiger partial charge in [0.05, 0.1) is 12.3 Å². The second-order valence-corrected chi connectivity index (χ2v) is 5.67. The van der Waals surface area contributed by atoms with Crippen molar-refractivity contribution in [2.24, 2.45) is 0 Å². The predicted molar refractivity (Wildman–Crippen MR) is 76.3 cm³/mol. The van der Waals surface area contributed by atoms with Gasteiger partial charge in [-0.05, 0) is 26.3 Å². The minimum atomic E-state index is 0.0257. The van der Waals surface area contributed by atoms with E-state index in [1.807, 2.05) is 12.3 Å². The quantitative estimate of drug-likeness (QED) is 0.889. The Kier molecular flexibility index (Phi) is 4.90. The summed E-state index contributed by atoms with van der Waals surface area (Å²) in [5.41, 5.74) is 0.986. The summed E-state index contributed by atoms with van der Waals surface area (Å²) >= 11 is 1.51. The smallest absolute Gasteiger partial charge is 0.225 e. The maximum Gasteiger partial charge on any atom is 0.225 e. The summed E-state index contributed by atoms with van der Waals surface area (Å²) in [6.45, 7) is 6.15. The van der Waals surface area contributed by atoms with Gasteiger partial charge in [0.25, 0.3) is 0 Å². The Bertz CT molecular complexity index is 435. The molecule has 2 rings (SSSR count). The van der Waals surface area contributed by atoms with Gasteiger partial charge in [0.2, 0.25) is 5.91 Å². The number of anilines is 1. The van der Waals surface area contributed by atoms with Crippen molar-refractivity contribution in [3.63, 3.8) is 0 Å². The van der Waals surface area contributed by atoms with Gasteiger partial charge in [-0.15, -0.1) is 11.3 Å². The lowest BCUT2D eigenvalue weighted by atomic mass is 10.2. The Morgan fingerprint density at radius 1 is 1.68 bits per heavy atom. The van der Waals surface area contributed by atoms with Gasteiger partial charge in [-0.25, -0.2) is 4.98 Å². The Labute approximate surface area is 117 Å². The summed E-state index contributed by atoms with van der Waals surface area (Å²) in [7, 11) is 0. The fraction of sp³-hybridized carbons (Fsp3) is 0.692. The van der Waals surface area contributed by atoms with Crippen LogP contribution in [0.3, 0.4) is 0 Å². The van der Waals surface area contributed by atoms with E-state index in [1.165, 1.54) is 11.3 Å².